The van der Waals surface area contributed by atoms with Crippen LogP contribution in [0.2, 0.25) is 0 Å². The van der Waals surface area contributed by atoms with Crippen LogP contribution in [0.1, 0.15) is 31.4 Å². The van der Waals surface area contributed by atoms with Gasteiger partial charge in [-0.3, -0.25) is 4.79 Å². The minimum absolute atomic E-state index is 0.109. The number of rotatable bonds is 12. The van der Waals surface area contributed by atoms with E-state index >= 15 is 0 Å². The number of benzene rings is 2. The molecule has 0 spiro atoms. The monoisotopic (exact) mass is 486 g/mol. The first-order valence-corrected chi connectivity index (χ1v) is 11.1. The Kier molecular flexibility index (Phi) is 9.72. The number of amides is 1. The maximum atomic E-state index is 12.5. The molecule has 0 heterocycles. The van der Waals surface area contributed by atoms with Crippen LogP contribution in [0.25, 0.3) is 0 Å². The first kappa shape index (κ1) is 26.7. The molecule has 0 bridgehead atoms. The van der Waals surface area contributed by atoms with Gasteiger partial charge < -0.3 is 25.3 Å². The molecule has 2 rings (SSSR count). The molecule has 182 valence electrons. The topological polar surface area (TPSA) is 82.8 Å². The fourth-order valence-electron chi connectivity index (χ4n) is 3.17. The van der Waals surface area contributed by atoms with Gasteiger partial charge in [-0.15, -0.1) is 0 Å². The van der Waals surface area contributed by atoms with Crippen LogP contribution >= 0.6 is 11.8 Å². The maximum absolute atomic E-state index is 12.5. The summed E-state index contributed by atoms with van der Waals surface area (Å²) >= 11 is -0.162. The number of halogens is 3. The average molecular weight is 487 g/mol. The van der Waals surface area contributed by atoms with E-state index in [1.807, 2.05) is 13.8 Å². The van der Waals surface area contributed by atoms with Crippen LogP contribution in [0, 0.1) is 5.92 Å². The zero-order valence-corrected chi connectivity index (χ0v) is 19.8. The molecule has 0 saturated carbocycles. The van der Waals surface area contributed by atoms with Crippen molar-refractivity contribution in [2.75, 3.05) is 14.2 Å². The predicted octanol–water partition coefficient (Wildman–Crippen LogP) is 4.88. The minimum Gasteiger partial charge on any atom is -0.496 e. The van der Waals surface area contributed by atoms with E-state index in [1.54, 1.807) is 24.3 Å². The minimum atomic E-state index is -4.33. The van der Waals surface area contributed by atoms with Gasteiger partial charge in [-0.1, -0.05) is 26.0 Å². The molecule has 1 atom stereocenters. The van der Waals surface area contributed by atoms with Crippen molar-refractivity contribution in [3.63, 3.8) is 0 Å². The van der Waals surface area contributed by atoms with E-state index in [9.17, 15) is 18.0 Å². The number of methoxy groups -OCH3 is 2. The summed E-state index contributed by atoms with van der Waals surface area (Å²) in [5.41, 5.74) is 2.60. The summed E-state index contributed by atoms with van der Waals surface area (Å²) in [6.07, 6.45) is 0.599. The first-order chi connectivity index (χ1) is 15.5. The highest BCUT2D eigenvalue weighted by atomic mass is 32.2. The summed E-state index contributed by atoms with van der Waals surface area (Å²) < 4.78 is 54.2. The van der Waals surface area contributed by atoms with E-state index in [4.69, 9.17) is 19.9 Å². The lowest BCUT2D eigenvalue weighted by molar-refractivity contribution is -0.120. The van der Waals surface area contributed by atoms with Gasteiger partial charge in [0.25, 0.3) is 0 Å². The van der Waals surface area contributed by atoms with E-state index in [-0.39, 0.29) is 29.2 Å². The Hall–Kier alpha value is -2.59. The number of hydrogen-bond donors (Lipinski definition) is 2. The molecule has 10 heteroatoms. The quantitative estimate of drug-likeness (QED) is 0.416. The van der Waals surface area contributed by atoms with Gasteiger partial charge in [0, 0.05) is 23.6 Å². The normalized spacial score (nSPS) is 12.5. The molecule has 2 aromatic carbocycles. The molecule has 6 nitrogen and oxygen atoms in total. The molecule has 0 aromatic heterocycles. The fraction of sp³-hybridized carbons (Fsp3) is 0.435. The van der Waals surface area contributed by atoms with E-state index in [1.165, 1.54) is 26.4 Å². The van der Waals surface area contributed by atoms with Crippen molar-refractivity contribution in [3.05, 3.63) is 47.5 Å². The molecule has 0 radical (unpaired) electrons. The summed E-state index contributed by atoms with van der Waals surface area (Å²) in [7, 11) is 3.03. The van der Waals surface area contributed by atoms with Gasteiger partial charge >= 0.3 is 5.51 Å². The van der Waals surface area contributed by atoms with Crippen molar-refractivity contribution in [2.45, 2.75) is 49.9 Å². The van der Waals surface area contributed by atoms with Crippen LogP contribution in [0.5, 0.6) is 17.2 Å². The lowest BCUT2D eigenvalue weighted by atomic mass is 10.0. The summed E-state index contributed by atoms with van der Waals surface area (Å²) in [5, 5.41) is 3.16. The van der Waals surface area contributed by atoms with Crippen molar-refractivity contribution in [1.82, 2.24) is 5.32 Å². The van der Waals surface area contributed by atoms with Gasteiger partial charge in [0.15, 0.2) is 0 Å². The molecule has 3 N–H and O–H groups in total. The smallest absolute Gasteiger partial charge is 0.446 e. The number of ether oxygens (including phenoxy) is 3. The van der Waals surface area contributed by atoms with E-state index < -0.39 is 17.5 Å². The number of nitrogens with two attached hydrogens (primary N) is 1. The second-order valence-corrected chi connectivity index (χ2v) is 8.89. The predicted molar refractivity (Wildman–Crippen MR) is 122 cm³/mol. The van der Waals surface area contributed by atoms with Crippen molar-refractivity contribution in [2.24, 2.45) is 11.7 Å². The van der Waals surface area contributed by atoms with Crippen molar-refractivity contribution in [3.8, 4) is 17.2 Å². The van der Waals surface area contributed by atoms with Gasteiger partial charge in [-0.05, 0) is 41.8 Å². The lowest BCUT2D eigenvalue weighted by Crippen LogP contribution is -2.41. The molecule has 0 aliphatic rings. The Labute approximate surface area is 196 Å². The van der Waals surface area contributed by atoms with Gasteiger partial charge in [-0.2, -0.15) is 13.2 Å². The third-order valence-electron chi connectivity index (χ3n) is 4.72. The third-order valence-corrected chi connectivity index (χ3v) is 5.46. The molecule has 1 amide bonds. The molecule has 0 aliphatic heterocycles. The van der Waals surface area contributed by atoms with Crippen LogP contribution in [0.4, 0.5) is 13.2 Å². The Morgan fingerprint density at radius 1 is 1.09 bits per heavy atom. The Morgan fingerprint density at radius 2 is 1.67 bits per heavy atom. The van der Waals surface area contributed by atoms with Crippen LogP contribution in [0.3, 0.4) is 0 Å². The second kappa shape index (κ2) is 12.0. The van der Waals surface area contributed by atoms with Crippen LogP contribution in [-0.2, 0) is 17.9 Å². The zero-order chi connectivity index (χ0) is 24.6. The molecule has 33 heavy (non-hydrogen) atoms. The van der Waals surface area contributed by atoms with Crippen LogP contribution < -0.4 is 25.3 Å². The molecule has 2 aromatic rings. The number of hydrogen-bond acceptors (Lipinski definition) is 6. The highest BCUT2D eigenvalue weighted by molar-refractivity contribution is 8.00. The zero-order valence-electron chi connectivity index (χ0n) is 19.0. The van der Waals surface area contributed by atoms with E-state index in [2.05, 4.69) is 5.32 Å². The maximum Gasteiger partial charge on any atom is 0.446 e. The summed E-state index contributed by atoms with van der Waals surface area (Å²) in [6, 6.07) is 8.86. The Morgan fingerprint density at radius 3 is 2.12 bits per heavy atom. The summed E-state index contributed by atoms with van der Waals surface area (Å²) in [5.74, 6) is 1.33. The van der Waals surface area contributed by atoms with Crippen molar-refractivity contribution in [1.29, 1.82) is 0 Å². The molecule has 1 unspecified atom stereocenters. The largest absolute Gasteiger partial charge is 0.496 e. The van der Waals surface area contributed by atoms with Gasteiger partial charge in [0.05, 0.1) is 25.8 Å². The first-order valence-electron chi connectivity index (χ1n) is 10.3. The summed E-state index contributed by atoms with van der Waals surface area (Å²) in [4.78, 5) is 11.9. The van der Waals surface area contributed by atoms with Crippen LogP contribution in [0.15, 0.2) is 41.3 Å². The highest BCUT2D eigenvalue weighted by Gasteiger charge is 2.29. The number of nitrogens with one attached hydrogen (secondary N) is 1. The van der Waals surface area contributed by atoms with E-state index in [0.29, 0.717) is 41.3 Å². The van der Waals surface area contributed by atoms with Gasteiger partial charge in [-0.25, -0.2) is 0 Å². The summed E-state index contributed by atoms with van der Waals surface area (Å²) in [6.45, 7) is 4.46. The number of alkyl halides is 3. The Bertz CT molecular complexity index is 896. The molecule has 0 fully saturated rings. The van der Waals surface area contributed by atoms with Crippen LogP contribution in [-0.4, -0.2) is 31.7 Å². The Balaban J connectivity index is 2.11. The third kappa shape index (κ3) is 8.70. The fourth-order valence-corrected chi connectivity index (χ4v) is 3.71. The number of carbonyl (C=O) groups is 1. The number of primary amides is 1. The second-order valence-electron chi connectivity index (χ2n) is 7.75. The standard InChI is InChI=1S/C23H29F3N2O4S/c1-14(2)9-19(22(27)29)28-12-18-20(30-3)10-16(11-21(18)31-4)32-13-15-5-7-17(8-6-15)33-23(24,25)26/h5-8,10-11,14,19,28H,9,12-13H2,1-4H3,(H2,27,29). The van der Waals surface area contributed by atoms with Gasteiger partial charge in [0.1, 0.15) is 23.9 Å². The molecular weight excluding hydrogens is 457 g/mol. The number of carbonyl (C=O) groups excluding carboxylic acids is 1. The SMILES string of the molecule is COc1cc(OCc2ccc(SC(F)(F)F)cc2)cc(OC)c1CNC(CC(C)C)C(N)=O. The van der Waals surface area contributed by atoms with Crippen molar-refractivity contribution >= 4 is 17.7 Å². The molecular formula is C23H29F3N2O4S. The lowest BCUT2D eigenvalue weighted by Gasteiger charge is -2.20. The van der Waals surface area contributed by atoms with Crippen molar-refractivity contribution < 1.29 is 32.2 Å². The highest BCUT2D eigenvalue weighted by Crippen LogP contribution is 2.37. The number of thioether (sulfide) groups is 1. The molecule has 0 saturated heterocycles. The van der Waals surface area contributed by atoms with Gasteiger partial charge in [0.2, 0.25) is 5.91 Å². The molecule has 0 aliphatic carbocycles. The average Bonchev–Trinajstić information content (AvgIpc) is 2.74. The van der Waals surface area contributed by atoms with E-state index in [0.717, 1.165) is 0 Å².